The number of carbonyl (C=O) groups excluding carboxylic acids is 1. The second-order valence-electron chi connectivity index (χ2n) is 5.89. The third-order valence-electron chi connectivity index (χ3n) is 3.69. The summed E-state index contributed by atoms with van der Waals surface area (Å²) in [6.45, 7) is 4.39. The summed E-state index contributed by atoms with van der Waals surface area (Å²) in [5.41, 5.74) is 1.92. The van der Waals surface area contributed by atoms with Crippen molar-refractivity contribution in [2.45, 2.75) is 19.1 Å². The normalized spacial score (nSPS) is 18.6. The number of hydrogen-bond donors (Lipinski definition) is 0. The van der Waals surface area contributed by atoms with Gasteiger partial charge < -0.3 is 4.74 Å². The van der Waals surface area contributed by atoms with Crippen molar-refractivity contribution in [2.24, 2.45) is 4.99 Å². The predicted octanol–water partition coefficient (Wildman–Crippen LogP) is 4.16. The van der Waals surface area contributed by atoms with Crippen LogP contribution >= 0.6 is 11.8 Å². The van der Waals surface area contributed by atoms with Gasteiger partial charge >= 0.3 is 0 Å². The molecular weight excluding hydrogens is 339 g/mol. The molecule has 1 fully saturated rings. The lowest BCUT2D eigenvalue weighted by atomic mass is 10.2. The Balaban J connectivity index is 1.72. The van der Waals surface area contributed by atoms with Crippen molar-refractivity contribution >= 4 is 28.5 Å². The van der Waals surface area contributed by atoms with Crippen LogP contribution in [0, 0.1) is 12.7 Å². The molecule has 6 heteroatoms. The van der Waals surface area contributed by atoms with Gasteiger partial charge in [0, 0.05) is 11.8 Å². The standard InChI is InChI=1S/C19H19FN2O2S/c1-13-6-5-7-15(10-13)21-19-22(11-14(2)25-19)18(23)12-24-17-9-4-3-8-16(17)20/h3-10,14H,11-12H2,1-2H3/t14-/m0/s1. The highest BCUT2D eigenvalue weighted by Gasteiger charge is 2.31. The van der Waals surface area contributed by atoms with Crippen molar-refractivity contribution < 1.29 is 13.9 Å². The van der Waals surface area contributed by atoms with E-state index in [1.54, 1.807) is 28.8 Å². The molecule has 1 heterocycles. The van der Waals surface area contributed by atoms with Crippen molar-refractivity contribution in [3.63, 3.8) is 0 Å². The Labute approximate surface area is 150 Å². The number of thioether (sulfide) groups is 1. The first-order chi connectivity index (χ1) is 12.0. The summed E-state index contributed by atoms with van der Waals surface area (Å²) in [7, 11) is 0. The zero-order valence-electron chi connectivity index (χ0n) is 14.1. The predicted molar refractivity (Wildman–Crippen MR) is 98.9 cm³/mol. The van der Waals surface area contributed by atoms with Crippen LogP contribution in [0.1, 0.15) is 12.5 Å². The Morgan fingerprint density at radius 1 is 1.32 bits per heavy atom. The van der Waals surface area contributed by atoms with E-state index >= 15 is 0 Å². The Bertz CT molecular complexity index is 810. The van der Waals surface area contributed by atoms with Crippen LogP contribution in [0.25, 0.3) is 0 Å². The highest BCUT2D eigenvalue weighted by atomic mass is 32.2. The second kappa shape index (κ2) is 7.70. The zero-order chi connectivity index (χ0) is 17.8. The average Bonchev–Trinajstić information content (AvgIpc) is 2.94. The van der Waals surface area contributed by atoms with Gasteiger partial charge in [-0.1, -0.05) is 43.0 Å². The van der Waals surface area contributed by atoms with Gasteiger partial charge in [-0.2, -0.15) is 0 Å². The molecule has 130 valence electrons. The van der Waals surface area contributed by atoms with Crippen molar-refractivity contribution in [3.8, 4) is 5.75 Å². The van der Waals surface area contributed by atoms with Crippen LogP contribution in [-0.2, 0) is 4.79 Å². The minimum Gasteiger partial charge on any atom is -0.481 e. The first-order valence-corrected chi connectivity index (χ1v) is 8.90. The smallest absolute Gasteiger partial charge is 0.266 e. The van der Waals surface area contributed by atoms with E-state index in [4.69, 9.17) is 4.74 Å². The van der Waals surface area contributed by atoms with Gasteiger partial charge in [0.2, 0.25) is 0 Å². The van der Waals surface area contributed by atoms with Gasteiger partial charge in [-0.05, 0) is 36.8 Å². The molecule has 0 aromatic heterocycles. The van der Waals surface area contributed by atoms with Crippen LogP contribution in [0.2, 0.25) is 0 Å². The minimum atomic E-state index is -0.479. The molecule has 2 aromatic rings. The van der Waals surface area contributed by atoms with Gasteiger partial charge in [-0.15, -0.1) is 0 Å². The van der Waals surface area contributed by atoms with Gasteiger partial charge in [0.15, 0.2) is 23.3 Å². The van der Waals surface area contributed by atoms with Gasteiger partial charge in [-0.3, -0.25) is 9.69 Å². The summed E-state index contributed by atoms with van der Waals surface area (Å²) in [6, 6.07) is 13.9. The van der Waals surface area contributed by atoms with E-state index in [1.807, 2.05) is 38.1 Å². The van der Waals surface area contributed by atoms with E-state index in [1.165, 1.54) is 12.1 Å². The SMILES string of the molecule is Cc1cccc(N=C2S[C@@H](C)CN2C(=O)COc2ccccc2F)c1. The van der Waals surface area contributed by atoms with Gasteiger partial charge in [0.05, 0.1) is 5.69 Å². The fraction of sp³-hybridized carbons (Fsp3) is 0.263. The maximum Gasteiger partial charge on any atom is 0.266 e. The number of aryl methyl sites for hydroxylation is 1. The summed E-state index contributed by atoms with van der Waals surface area (Å²) in [6.07, 6.45) is 0. The van der Waals surface area contributed by atoms with E-state index < -0.39 is 5.82 Å². The Morgan fingerprint density at radius 2 is 2.12 bits per heavy atom. The molecular formula is C19H19FN2O2S. The molecule has 1 aliphatic rings. The Hall–Kier alpha value is -2.34. The first kappa shape index (κ1) is 17.5. The number of halogens is 1. The monoisotopic (exact) mass is 358 g/mol. The number of hydrogen-bond acceptors (Lipinski definition) is 4. The molecule has 4 nitrogen and oxygen atoms in total. The number of benzene rings is 2. The maximum absolute atomic E-state index is 13.6. The number of carbonyl (C=O) groups is 1. The number of rotatable bonds is 4. The van der Waals surface area contributed by atoms with Crippen molar-refractivity contribution in [1.82, 2.24) is 4.90 Å². The molecule has 0 radical (unpaired) electrons. The van der Waals surface area contributed by atoms with Crippen LogP contribution in [0.5, 0.6) is 5.75 Å². The first-order valence-electron chi connectivity index (χ1n) is 8.02. The van der Waals surface area contributed by atoms with Gasteiger partial charge in [0.1, 0.15) is 0 Å². The highest BCUT2D eigenvalue weighted by Crippen LogP contribution is 2.28. The van der Waals surface area contributed by atoms with Crippen LogP contribution in [0.3, 0.4) is 0 Å². The van der Waals surface area contributed by atoms with E-state index in [2.05, 4.69) is 4.99 Å². The fourth-order valence-electron chi connectivity index (χ4n) is 2.50. The Kier molecular flexibility index (Phi) is 5.38. The Morgan fingerprint density at radius 3 is 2.88 bits per heavy atom. The summed E-state index contributed by atoms with van der Waals surface area (Å²) in [4.78, 5) is 18.7. The molecule has 25 heavy (non-hydrogen) atoms. The lowest BCUT2D eigenvalue weighted by Crippen LogP contribution is -2.36. The van der Waals surface area contributed by atoms with E-state index in [9.17, 15) is 9.18 Å². The summed E-state index contributed by atoms with van der Waals surface area (Å²) >= 11 is 1.55. The molecule has 0 N–H and O–H groups in total. The van der Waals surface area contributed by atoms with Crippen LogP contribution in [-0.4, -0.2) is 34.4 Å². The van der Waals surface area contributed by atoms with E-state index in [0.29, 0.717) is 11.7 Å². The van der Waals surface area contributed by atoms with Crippen molar-refractivity contribution in [3.05, 3.63) is 59.9 Å². The number of ether oxygens (including phenoxy) is 1. The summed E-state index contributed by atoms with van der Waals surface area (Å²) in [5, 5.41) is 0.904. The lowest BCUT2D eigenvalue weighted by Gasteiger charge is -2.16. The number of nitrogens with zero attached hydrogens (tertiary/aromatic N) is 2. The molecule has 1 atom stereocenters. The molecule has 2 aromatic carbocycles. The molecule has 0 saturated carbocycles. The molecule has 0 unspecified atom stereocenters. The maximum atomic E-state index is 13.6. The van der Waals surface area contributed by atoms with Crippen molar-refractivity contribution in [1.29, 1.82) is 0 Å². The van der Waals surface area contributed by atoms with Gasteiger partial charge in [0.25, 0.3) is 5.91 Å². The summed E-state index contributed by atoms with van der Waals surface area (Å²) < 4.78 is 18.9. The summed E-state index contributed by atoms with van der Waals surface area (Å²) in [5.74, 6) is -0.632. The van der Waals surface area contributed by atoms with Crippen LogP contribution in [0.4, 0.5) is 10.1 Å². The topological polar surface area (TPSA) is 41.9 Å². The fourth-order valence-corrected chi connectivity index (χ4v) is 3.54. The van der Waals surface area contributed by atoms with E-state index in [0.717, 1.165) is 11.3 Å². The third-order valence-corrected chi connectivity index (χ3v) is 4.77. The second-order valence-corrected chi connectivity index (χ2v) is 7.29. The van der Waals surface area contributed by atoms with Gasteiger partial charge in [-0.25, -0.2) is 9.38 Å². The molecule has 1 saturated heterocycles. The molecule has 1 aliphatic heterocycles. The third kappa shape index (κ3) is 4.39. The number of para-hydroxylation sites is 1. The average molecular weight is 358 g/mol. The molecule has 0 spiro atoms. The lowest BCUT2D eigenvalue weighted by molar-refractivity contribution is -0.129. The molecule has 0 aliphatic carbocycles. The minimum absolute atomic E-state index is 0.0768. The molecule has 1 amide bonds. The quantitative estimate of drug-likeness (QED) is 0.824. The van der Waals surface area contributed by atoms with Crippen LogP contribution in [0.15, 0.2) is 53.5 Å². The van der Waals surface area contributed by atoms with Crippen molar-refractivity contribution in [2.75, 3.05) is 13.2 Å². The number of amidine groups is 1. The zero-order valence-corrected chi connectivity index (χ0v) is 14.9. The van der Waals surface area contributed by atoms with E-state index in [-0.39, 0.29) is 23.5 Å². The number of aliphatic imine (C=N–C) groups is 1. The molecule has 0 bridgehead atoms. The highest BCUT2D eigenvalue weighted by molar-refractivity contribution is 8.14. The number of amides is 1. The molecule has 3 rings (SSSR count). The van der Waals surface area contributed by atoms with Crippen LogP contribution < -0.4 is 4.74 Å². The largest absolute Gasteiger partial charge is 0.481 e.